The van der Waals surface area contributed by atoms with Gasteiger partial charge in [0.15, 0.2) is 0 Å². The molecule has 0 aromatic heterocycles. The summed E-state index contributed by atoms with van der Waals surface area (Å²) in [7, 11) is 0. The molecule has 2 nitrogen and oxygen atoms in total. The Morgan fingerprint density at radius 3 is 2.24 bits per heavy atom. The highest BCUT2D eigenvalue weighted by Crippen LogP contribution is 2.31. The minimum Gasteiger partial charge on any atom is -0.365 e. The Morgan fingerprint density at radius 2 is 1.76 bits per heavy atom. The van der Waals surface area contributed by atoms with Gasteiger partial charge in [-0.05, 0) is 30.9 Å². The van der Waals surface area contributed by atoms with Gasteiger partial charge < -0.3 is 10.2 Å². The molecule has 1 N–H and O–H groups in total. The lowest BCUT2D eigenvalue weighted by Crippen LogP contribution is -2.65. The summed E-state index contributed by atoms with van der Waals surface area (Å²) in [4.78, 5) is 2.18. The zero-order valence-corrected chi connectivity index (χ0v) is 13.4. The largest absolute Gasteiger partial charge is 0.365 e. The van der Waals surface area contributed by atoms with Crippen molar-refractivity contribution >= 4 is 5.69 Å². The van der Waals surface area contributed by atoms with E-state index in [1.807, 2.05) is 0 Å². The van der Waals surface area contributed by atoms with Crippen molar-refractivity contribution < 1.29 is 8.78 Å². The highest BCUT2D eigenvalue weighted by atomic mass is 19.1. The standard InChI is InChI=1S/C17H26F2N2/c1-5-17(6-2)11-21(16(10-20-17)12(3)4)15-8-13(18)7-14(19)9-15/h7-9,12,16,20H,5-6,10-11H2,1-4H3. The number of nitrogens with zero attached hydrogens (tertiary/aromatic N) is 1. The normalized spacial score (nSPS) is 21.9. The van der Waals surface area contributed by atoms with E-state index in [0.717, 1.165) is 32.0 Å². The summed E-state index contributed by atoms with van der Waals surface area (Å²) in [5.41, 5.74) is 0.674. The predicted octanol–water partition coefficient (Wildman–Crippen LogP) is 3.96. The van der Waals surface area contributed by atoms with Gasteiger partial charge in [0.2, 0.25) is 0 Å². The highest BCUT2D eigenvalue weighted by molar-refractivity contribution is 5.49. The highest BCUT2D eigenvalue weighted by Gasteiger charge is 2.38. The van der Waals surface area contributed by atoms with E-state index in [1.54, 1.807) is 0 Å². The first kappa shape index (κ1) is 16.2. The van der Waals surface area contributed by atoms with Crippen LogP contribution in [0.1, 0.15) is 40.5 Å². The Hall–Kier alpha value is -1.16. The third kappa shape index (κ3) is 3.37. The number of piperazine rings is 1. The summed E-state index contributed by atoms with van der Waals surface area (Å²) in [5.74, 6) is -0.607. The van der Waals surface area contributed by atoms with Crippen molar-refractivity contribution in [3.8, 4) is 0 Å². The summed E-state index contributed by atoms with van der Waals surface area (Å²) in [5, 5.41) is 3.66. The van der Waals surface area contributed by atoms with Gasteiger partial charge >= 0.3 is 0 Å². The molecule has 0 bridgehead atoms. The average Bonchev–Trinajstić information content (AvgIpc) is 2.45. The Kier molecular flexibility index (Phi) is 4.87. The number of benzene rings is 1. The van der Waals surface area contributed by atoms with Crippen molar-refractivity contribution in [2.45, 2.75) is 52.1 Å². The van der Waals surface area contributed by atoms with E-state index in [9.17, 15) is 8.78 Å². The van der Waals surface area contributed by atoms with Crippen molar-refractivity contribution in [1.82, 2.24) is 5.32 Å². The molecule has 1 unspecified atom stereocenters. The second-order valence-electron chi connectivity index (χ2n) is 6.44. The van der Waals surface area contributed by atoms with Crippen LogP contribution in [-0.4, -0.2) is 24.7 Å². The zero-order valence-electron chi connectivity index (χ0n) is 13.4. The molecule has 1 aliphatic heterocycles. The number of rotatable bonds is 4. The van der Waals surface area contributed by atoms with E-state index in [2.05, 4.69) is 37.9 Å². The van der Waals surface area contributed by atoms with Crippen molar-refractivity contribution in [2.75, 3.05) is 18.0 Å². The maximum absolute atomic E-state index is 13.6. The van der Waals surface area contributed by atoms with Gasteiger partial charge in [-0.3, -0.25) is 0 Å². The van der Waals surface area contributed by atoms with Crippen molar-refractivity contribution in [2.24, 2.45) is 5.92 Å². The van der Waals surface area contributed by atoms with Crippen molar-refractivity contribution in [3.63, 3.8) is 0 Å². The summed E-state index contributed by atoms with van der Waals surface area (Å²) in [6, 6.07) is 4.07. The van der Waals surface area contributed by atoms with Gasteiger partial charge in [-0.2, -0.15) is 0 Å². The Balaban J connectivity index is 2.37. The lowest BCUT2D eigenvalue weighted by atomic mass is 9.86. The number of anilines is 1. The molecule has 1 heterocycles. The third-order valence-corrected chi connectivity index (χ3v) is 4.86. The van der Waals surface area contributed by atoms with Crippen LogP contribution >= 0.6 is 0 Å². The molecule has 1 aromatic rings. The van der Waals surface area contributed by atoms with E-state index < -0.39 is 11.6 Å². The maximum atomic E-state index is 13.6. The first-order valence-corrected chi connectivity index (χ1v) is 7.88. The Labute approximate surface area is 126 Å². The minimum absolute atomic E-state index is 0.0220. The van der Waals surface area contributed by atoms with Crippen LogP contribution in [0.15, 0.2) is 18.2 Å². The van der Waals surface area contributed by atoms with Crippen LogP contribution in [0, 0.1) is 17.6 Å². The van der Waals surface area contributed by atoms with Gasteiger partial charge in [0.25, 0.3) is 0 Å². The molecule has 1 saturated heterocycles. The summed E-state index contributed by atoms with van der Waals surface area (Å²) in [6.45, 7) is 10.3. The Bertz CT molecular complexity index is 463. The zero-order chi connectivity index (χ0) is 15.6. The van der Waals surface area contributed by atoms with Crippen molar-refractivity contribution in [1.29, 1.82) is 0 Å². The van der Waals surface area contributed by atoms with Crippen molar-refractivity contribution in [3.05, 3.63) is 29.8 Å². The van der Waals surface area contributed by atoms with Crippen LogP contribution in [0.3, 0.4) is 0 Å². The summed E-state index contributed by atoms with van der Waals surface area (Å²) in [6.07, 6.45) is 2.01. The van der Waals surface area contributed by atoms with Crippen LogP contribution < -0.4 is 10.2 Å². The lowest BCUT2D eigenvalue weighted by Gasteiger charge is -2.50. The average molecular weight is 296 g/mol. The molecule has 0 amide bonds. The van der Waals surface area contributed by atoms with Gasteiger partial charge in [-0.1, -0.05) is 27.7 Å². The van der Waals surface area contributed by atoms with E-state index in [1.165, 1.54) is 12.1 Å². The molecule has 21 heavy (non-hydrogen) atoms. The second kappa shape index (κ2) is 6.30. The van der Waals surface area contributed by atoms with Crippen LogP contribution in [0.4, 0.5) is 14.5 Å². The summed E-state index contributed by atoms with van der Waals surface area (Å²) >= 11 is 0. The molecule has 1 aromatic carbocycles. The molecule has 4 heteroatoms. The lowest BCUT2D eigenvalue weighted by molar-refractivity contribution is 0.227. The van der Waals surface area contributed by atoms with Gasteiger partial charge in [-0.15, -0.1) is 0 Å². The number of hydrogen-bond donors (Lipinski definition) is 1. The molecule has 0 aliphatic carbocycles. The van der Waals surface area contributed by atoms with Gasteiger partial charge in [0.1, 0.15) is 11.6 Å². The first-order chi connectivity index (χ1) is 9.90. The molecule has 1 aliphatic rings. The minimum atomic E-state index is -0.510. The van der Waals surface area contributed by atoms with E-state index in [-0.39, 0.29) is 11.6 Å². The number of nitrogens with one attached hydrogen (secondary N) is 1. The molecular weight excluding hydrogens is 270 g/mol. The smallest absolute Gasteiger partial charge is 0.128 e. The van der Waals surface area contributed by atoms with Crippen LogP contribution in [0.5, 0.6) is 0 Å². The maximum Gasteiger partial charge on any atom is 0.128 e. The van der Waals surface area contributed by atoms with Crippen LogP contribution in [0.2, 0.25) is 0 Å². The third-order valence-electron chi connectivity index (χ3n) is 4.86. The Morgan fingerprint density at radius 1 is 1.19 bits per heavy atom. The molecule has 118 valence electrons. The van der Waals surface area contributed by atoms with E-state index in [4.69, 9.17) is 0 Å². The summed E-state index contributed by atoms with van der Waals surface area (Å²) < 4.78 is 27.2. The van der Waals surface area contributed by atoms with E-state index in [0.29, 0.717) is 11.6 Å². The molecule has 1 fully saturated rings. The van der Waals surface area contributed by atoms with Crippen LogP contribution in [-0.2, 0) is 0 Å². The topological polar surface area (TPSA) is 15.3 Å². The number of halogens is 2. The fourth-order valence-corrected chi connectivity index (χ4v) is 3.24. The molecule has 2 rings (SSSR count). The quantitative estimate of drug-likeness (QED) is 0.905. The molecule has 0 radical (unpaired) electrons. The molecule has 0 saturated carbocycles. The monoisotopic (exact) mass is 296 g/mol. The second-order valence-corrected chi connectivity index (χ2v) is 6.44. The molecular formula is C17H26F2N2. The van der Waals surface area contributed by atoms with Gasteiger partial charge in [0.05, 0.1) is 0 Å². The first-order valence-electron chi connectivity index (χ1n) is 7.88. The predicted molar refractivity (Wildman–Crippen MR) is 83.6 cm³/mol. The van der Waals surface area contributed by atoms with Gasteiger partial charge in [0, 0.05) is 36.4 Å². The SMILES string of the molecule is CCC1(CC)CN(c2cc(F)cc(F)c2)C(C(C)C)CN1. The van der Waals surface area contributed by atoms with Crippen LogP contribution in [0.25, 0.3) is 0 Å². The molecule has 1 atom stereocenters. The number of hydrogen-bond acceptors (Lipinski definition) is 2. The fourth-order valence-electron chi connectivity index (χ4n) is 3.24. The molecule has 0 spiro atoms. The van der Waals surface area contributed by atoms with Gasteiger partial charge in [-0.25, -0.2) is 8.78 Å². The fraction of sp³-hybridized carbons (Fsp3) is 0.647. The van der Waals surface area contributed by atoms with E-state index >= 15 is 0 Å².